The molecule has 0 radical (unpaired) electrons. The third-order valence-corrected chi connectivity index (χ3v) is 3.17. The topological polar surface area (TPSA) is 44.8 Å². The summed E-state index contributed by atoms with van der Waals surface area (Å²) in [4.78, 5) is 12.1. The highest BCUT2D eigenvalue weighted by atomic mass is 16.7. The van der Waals surface area contributed by atoms with Gasteiger partial charge in [0.15, 0.2) is 12.1 Å². The molecule has 3 rings (SSSR count). The minimum Gasteiger partial charge on any atom is -0.487 e. The molecule has 2 aliphatic heterocycles. The lowest BCUT2D eigenvalue weighted by molar-refractivity contribution is -0.0442. The molecule has 4 heteroatoms. The van der Waals surface area contributed by atoms with E-state index in [9.17, 15) is 4.79 Å². The minimum absolute atomic E-state index is 0.112. The molecule has 1 aromatic carbocycles. The quantitative estimate of drug-likeness (QED) is 0.766. The van der Waals surface area contributed by atoms with E-state index in [0.717, 1.165) is 5.56 Å². The standard InChI is InChI=1S/C14H16O4/c1-14(2)8-11(15)10-7-9(3-4-12(10)18-14)13-16-5-6-17-13/h3-4,7,13H,5-6,8H2,1-2H3. The van der Waals surface area contributed by atoms with Crippen molar-refractivity contribution in [2.75, 3.05) is 13.2 Å². The monoisotopic (exact) mass is 248 g/mol. The Bertz CT molecular complexity index is 487. The van der Waals surface area contributed by atoms with Gasteiger partial charge >= 0.3 is 0 Å². The summed E-state index contributed by atoms with van der Waals surface area (Å²) in [5, 5.41) is 0. The number of carbonyl (C=O) groups excluding carboxylic acids is 1. The van der Waals surface area contributed by atoms with Crippen LogP contribution in [0.5, 0.6) is 5.75 Å². The van der Waals surface area contributed by atoms with E-state index in [1.54, 1.807) is 0 Å². The van der Waals surface area contributed by atoms with Crippen LogP contribution in [0.1, 0.15) is 42.5 Å². The molecule has 1 fully saturated rings. The number of hydrogen-bond acceptors (Lipinski definition) is 4. The Hall–Kier alpha value is -1.39. The maximum absolute atomic E-state index is 12.1. The fraction of sp³-hybridized carbons (Fsp3) is 0.500. The molecule has 2 aliphatic rings. The van der Waals surface area contributed by atoms with Crippen LogP contribution in [0, 0.1) is 0 Å². The SMILES string of the molecule is CC1(C)CC(=O)c2cc(C3OCCO3)ccc2O1. The summed E-state index contributed by atoms with van der Waals surface area (Å²) in [6, 6.07) is 5.54. The van der Waals surface area contributed by atoms with E-state index < -0.39 is 5.60 Å². The zero-order valence-electron chi connectivity index (χ0n) is 10.6. The predicted molar refractivity (Wildman–Crippen MR) is 64.7 cm³/mol. The predicted octanol–water partition coefficient (Wildman–Crippen LogP) is 2.48. The first-order chi connectivity index (χ1) is 8.55. The van der Waals surface area contributed by atoms with Gasteiger partial charge in [-0.2, -0.15) is 0 Å². The molecule has 18 heavy (non-hydrogen) atoms. The van der Waals surface area contributed by atoms with Gasteiger partial charge in [0.2, 0.25) is 0 Å². The Kier molecular flexibility index (Phi) is 2.64. The average Bonchev–Trinajstić information content (AvgIpc) is 2.80. The summed E-state index contributed by atoms with van der Waals surface area (Å²) < 4.78 is 16.7. The molecule has 0 unspecified atom stereocenters. The van der Waals surface area contributed by atoms with Crippen LogP contribution in [0.2, 0.25) is 0 Å². The smallest absolute Gasteiger partial charge is 0.184 e. The highest BCUT2D eigenvalue weighted by Gasteiger charge is 2.33. The van der Waals surface area contributed by atoms with Gasteiger partial charge in [-0.05, 0) is 26.0 Å². The van der Waals surface area contributed by atoms with Crippen molar-refractivity contribution in [1.82, 2.24) is 0 Å². The van der Waals surface area contributed by atoms with Crippen LogP contribution in [0.3, 0.4) is 0 Å². The minimum atomic E-state index is -0.425. The molecule has 0 amide bonds. The zero-order chi connectivity index (χ0) is 12.8. The van der Waals surface area contributed by atoms with E-state index in [1.165, 1.54) is 0 Å². The van der Waals surface area contributed by atoms with Crippen LogP contribution < -0.4 is 4.74 Å². The van der Waals surface area contributed by atoms with Gasteiger partial charge in [-0.25, -0.2) is 0 Å². The van der Waals surface area contributed by atoms with Crippen molar-refractivity contribution in [3.05, 3.63) is 29.3 Å². The largest absolute Gasteiger partial charge is 0.487 e. The lowest BCUT2D eigenvalue weighted by Crippen LogP contribution is -2.35. The fourth-order valence-corrected chi connectivity index (χ4v) is 2.37. The van der Waals surface area contributed by atoms with Crippen LogP contribution in [-0.4, -0.2) is 24.6 Å². The van der Waals surface area contributed by atoms with Gasteiger partial charge in [0.25, 0.3) is 0 Å². The zero-order valence-corrected chi connectivity index (χ0v) is 10.6. The molecule has 4 nitrogen and oxygen atoms in total. The first-order valence-electron chi connectivity index (χ1n) is 6.14. The molecule has 1 aromatic rings. The maximum atomic E-state index is 12.1. The van der Waals surface area contributed by atoms with Gasteiger partial charge in [0.1, 0.15) is 11.4 Å². The number of ketones is 1. The summed E-state index contributed by atoms with van der Waals surface area (Å²) >= 11 is 0. The van der Waals surface area contributed by atoms with Crippen LogP contribution in [0.4, 0.5) is 0 Å². The number of fused-ring (bicyclic) bond motifs is 1. The van der Waals surface area contributed by atoms with E-state index in [4.69, 9.17) is 14.2 Å². The molecule has 0 bridgehead atoms. The number of rotatable bonds is 1. The molecule has 2 heterocycles. The lowest BCUT2D eigenvalue weighted by Gasteiger charge is -2.31. The van der Waals surface area contributed by atoms with Crippen molar-refractivity contribution >= 4 is 5.78 Å². The van der Waals surface area contributed by atoms with Crippen molar-refractivity contribution in [3.8, 4) is 5.75 Å². The molecule has 0 N–H and O–H groups in total. The lowest BCUT2D eigenvalue weighted by atomic mass is 9.92. The van der Waals surface area contributed by atoms with Crippen molar-refractivity contribution in [2.24, 2.45) is 0 Å². The molecule has 0 aromatic heterocycles. The highest BCUT2D eigenvalue weighted by molar-refractivity contribution is 6.00. The van der Waals surface area contributed by atoms with Crippen molar-refractivity contribution in [2.45, 2.75) is 32.2 Å². The second-order valence-corrected chi connectivity index (χ2v) is 5.29. The third-order valence-electron chi connectivity index (χ3n) is 3.17. The Morgan fingerprint density at radius 3 is 2.67 bits per heavy atom. The highest BCUT2D eigenvalue weighted by Crippen LogP contribution is 2.35. The molecule has 1 saturated heterocycles. The summed E-state index contributed by atoms with van der Waals surface area (Å²) in [6.45, 7) is 5.04. The summed E-state index contributed by atoms with van der Waals surface area (Å²) in [5.74, 6) is 0.763. The van der Waals surface area contributed by atoms with Crippen LogP contribution >= 0.6 is 0 Å². The van der Waals surface area contributed by atoms with Crippen molar-refractivity contribution < 1.29 is 19.0 Å². The second kappa shape index (κ2) is 4.07. The Balaban J connectivity index is 1.96. The first-order valence-corrected chi connectivity index (χ1v) is 6.14. The van der Waals surface area contributed by atoms with Gasteiger partial charge < -0.3 is 14.2 Å². The molecular weight excluding hydrogens is 232 g/mol. The molecule has 0 saturated carbocycles. The van der Waals surface area contributed by atoms with E-state index in [0.29, 0.717) is 30.9 Å². The van der Waals surface area contributed by atoms with Gasteiger partial charge in [0, 0.05) is 5.56 Å². The maximum Gasteiger partial charge on any atom is 0.184 e. The third kappa shape index (κ3) is 2.02. The van der Waals surface area contributed by atoms with Crippen molar-refractivity contribution in [3.63, 3.8) is 0 Å². The van der Waals surface area contributed by atoms with Gasteiger partial charge in [-0.3, -0.25) is 4.79 Å². The summed E-state index contributed by atoms with van der Waals surface area (Å²) in [6.07, 6.45) is 0.0496. The normalized spacial score (nSPS) is 22.7. The first kappa shape index (κ1) is 11.7. The van der Waals surface area contributed by atoms with E-state index in [-0.39, 0.29) is 12.1 Å². The number of benzene rings is 1. The average molecular weight is 248 g/mol. The van der Waals surface area contributed by atoms with E-state index >= 15 is 0 Å². The van der Waals surface area contributed by atoms with Gasteiger partial charge in [-0.1, -0.05) is 6.07 Å². The van der Waals surface area contributed by atoms with Gasteiger partial charge in [-0.15, -0.1) is 0 Å². The fourth-order valence-electron chi connectivity index (χ4n) is 2.37. The number of hydrogen-bond donors (Lipinski definition) is 0. The van der Waals surface area contributed by atoms with Crippen LogP contribution in [0.15, 0.2) is 18.2 Å². The van der Waals surface area contributed by atoms with Crippen LogP contribution in [0.25, 0.3) is 0 Å². The van der Waals surface area contributed by atoms with Crippen LogP contribution in [-0.2, 0) is 9.47 Å². The Morgan fingerprint density at radius 1 is 1.22 bits per heavy atom. The Labute approximate surface area is 106 Å². The molecule has 0 aliphatic carbocycles. The molecule has 96 valence electrons. The molecule has 0 atom stereocenters. The van der Waals surface area contributed by atoms with Crippen molar-refractivity contribution in [1.29, 1.82) is 0 Å². The number of carbonyl (C=O) groups is 1. The van der Waals surface area contributed by atoms with E-state index in [1.807, 2.05) is 32.0 Å². The molecule has 0 spiro atoms. The van der Waals surface area contributed by atoms with E-state index in [2.05, 4.69) is 0 Å². The summed E-state index contributed by atoms with van der Waals surface area (Å²) in [7, 11) is 0. The second-order valence-electron chi connectivity index (χ2n) is 5.29. The number of Topliss-reactive ketones (excluding diaryl/α,β-unsaturated/α-hetero) is 1. The molecular formula is C14H16O4. The van der Waals surface area contributed by atoms with Gasteiger partial charge in [0.05, 0.1) is 25.2 Å². The summed E-state index contributed by atoms with van der Waals surface area (Å²) in [5.41, 5.74) is 1.08. The number of ether oxygens (including phenoxy) is 3. The Morgan fingerprint density at radius 2 is 1.94 bits per heavy atom.